The highest BCUT2D eigenvalue weighted by atomic mass is 32.1. The minimum absolute atomic E-state index is 0.0385. The zero-order valence-electron chi connectivity index (χ0n) is 8.85. The summed E-state index contributed by atoms with van der Waals surface area (Å²) in [4.78, 5) is 0. The lowest BCUT2D eigenvalue weighted by Gasteiger charge is -2.17. The van der Waals surface area contributed by atoms with E-state index in [0.717, 1.165) is 11.4 Å². The van der Waals surface area contributed by atoms with Gasteiger partial charge in [-0.05, 0) is 12.5 Å². The van der Waals surface area contributed by atoms with Crippen LogP contribution in [-0.2, 0) is 0 Å². The number of halogens is 1. The summed E-state index contributed by atoms with van der Waals surface area (Å²) in [5, 5.41) is 7.81. The van der Waals surface area contributed by atoms with Crippen LogP contribution in [0.5, 0.6) is 0 Å². The van der Waals surface area contributed by atoms with Gasteiger partial charge in [-0.1, -0.05) is 29.6 Å². The highest BCUT2D eigenvalue weighted by molar-refractivity contribution is 7.09. The van der Waals surface area contributed by atoms with Crippen LogP contribution in [0.4, 0.5) is 9.39 Å². The van der Waals surface area contributed by atoms with Gasteiger partial charge in [-0.25, -0.2) is 4.39 Å². The molecule has 5 heteroatoms. The number of anilines is 1. The fraction of sp³-hybridized carbons (Fsp3) is 0.273. The quantitative estimate of drug-likeness (QED) is 0.887. The Balaban J connectivity index is 2.20. The van der Waals surface area contributed by atoms with Crippen LogP contribution in [0, 0.1) is 5.82 Å². The first kappa shape index (κ1) is 11.0. The highest BCUT2D eigenvalue weighted by Crippen LogP contribution is 2.25. The Morgan fingerprint density at radius 1 is 1.44 bits per heavy atom. The lowest BCUT2D eigenvalue weighted by Crippen LogP contribution is -2.10. The third kappa shape index (κ3) is 2.36. The standard InChI is InChI=1S/C11H12FN3S/c1-2-10(14-11-7-13-15-16-11)8-5-3-4-6-9(8)12/h3-7,10,14H,2H2,1H3. The van der Waals surface area contributed by atoms with E-state index in [4.69, 9.17) is 0 Å². The number of hydrogen-bond donors (Lipinski definition) is 1. The molecule has 0 fully saturated rings. The van der Waals surface area contributed by atoms with Gasteiger partial charge in [-0.2, -0.15) is 0 Å². The van der Waals surface area contributed by atoms with Crippen molar-refractivity contribution in [1.29, 1.82) is 0 Å². The second kappa shape index (κ2) is 5.03. The number of hydrogen-bond acceptors (Lipinski definition) is 4. The van der Waals surface area contributed by atoms with Crippen molar-refractivity contribution >= 4 is 16.5 Å². The molecule has 1 aromatic heterocycles. The predicted molar refractivity (Wildman–Crippen MR) is 63.0 cm³/mol. The first-order valence-electron chi connectivity index (χ1n) is 5.09. The van der Waals surface area contributed by atoms with Crippen molar-refractivity contribution in [3.8, 4) is 0 Å². The maximum absolute atomic E-state index is 13.6. The van der Waals surface area contributed by atoms with E-state index in [9.17, 15) is 4.39 Å². The van der Waals surface area contributed by atoms with Crippen LogP contribution in [0.25, 0.3) is 0 Å². The average Bonchev–Trinajstić information content (AvgIpc) is 2.80. The second-order valence-electron chi connectivity index (χ2n) is 3.41. The summed E-state index contributed by atoms with van der Waals surface area (Å²) in [7, 11) is 0. The van der Waals surface area contributed by atoms with E-state index >= 15 is 0 Å². The molecule has 0 aliphatic heterocycles. The Morgan fingerprint density at radius 2 is 2.25 bits per heavy atom. The van der Waals surface area contributed by atoms with E-state index in [1.807, 2.05) is 13.0 Å². The van der Waals surface area contributed by atoms with E-state index in [0.29, 0.717) is 5.56 Å². The summed E-state index contributed by atoms with van der Waals surface area (Å²) >= 11 is 1.27. The molecule has 0 aliphatic rings. The van der Waals surface area contributed by atoms with E-state index in [1.54, 1.807) is 18.3 Å². The second-order valence-corrected chi connectivity index (χ2v) is 4.19. The third-order valence-corrected chi connectivity index (χ3v) is 2.96. The molecule has 2 rings (SSSR count). The molecule has 3 nitrogen and oxygen atoms in total. The normalized spacial score (nSPS) is 12.4. The van der Waals surface area contributed by atoms with E-state index in [-0.39, 0.29) is 11.9 Å². The van der Waals surface area contributed by atoms with Gasteiger partial charge < -0.3 is 5.32 Å². The first-order valence-corrected chi connectivity index (χ1v) is 5.87. The molecule has 1 N–H and O–H groups in total. The smallest absolute Gasteiger partial charge is 0.130 e. The Morgan fingerprint density at radius 3 is 2.88 bits per heavy atom. The van der Waals surface area contributed by atoms with Gasteiger partial charge in [-0.3, -0.25) is 0 Å². The molecule has 16 heavy (non-hydrogen) atoms. The van der Waals surface area contributed by atoms with Gasteiger partial charge in [0.25, 0.3) is 0 Å². The van der Waals surface area contributed by atoms with Gasteiger partial charge in [-0.15, -0.1) is 5.10 Å². The minimum Gasteiger partial charge on any atom is -0.367 e. The topological polar surface area (TPSA) is 37.8 Å². The zero-order valence-corrected chi connectivity index (χ0v) is 9.67. The van der Waals surface area contributed by atoms with E-state index in [2.05, 4.69) is 14.9 Å². The summed E-state index contributed by atoms with van der Waals surface area (Å²) in [5.41, 5.74) is 0.679. The Labute approximate surface area is 97.5 Å². The minimum atomic E-state index is -0.181. The molecule has 0 bridgehead atoms. The maximum Gasteiger partial charge on any atom is 0.130 e. The highest BCUT2D eigenvalue weighted by Gasteiger charge is 2.13. The van der Waals surface area contributed by atoms with Crippen LogP contribution in [-0.4, -0.2) is 9.59 Å². The van der Waals surface area contributed by atoms with Gasteiger partial charge in [0.15, 0.2) is 0 Å². The zero-order chi connectivity index (χ0) is 11.4. The van der Waals surface area contributed by atoms with Crippen molar-refractivity contribution in [2.24, 2.45) is 0 Å². The molecule has 0 amide bonds. The first-order chi connectivity index (χ1) is 7.81. The summed E-state index contributed by atoms with van der Waals surface area (Å²) in [6, 6.07) is 6.77. The molecule has 0 radical (unpaired) electrons. The Bertz CT molecular complexity index is 444. The lowest BCUT2D eigenvalue weighted by molar-refractivity contribution is 0.587. The van der Waals surface area contributed by atoms with E-state index in [1.165, 1.54) is 17.6 Å². The molecule has 1 atom stereocenters. The molecular formula is C11H12FN3S. The third-order valence-electron chi connectivity index (χ3n) is 2.37. The molecule has 0 aliphatic carbocycles. The van der Waals surface area contributed by atoms with Crippen molar-refractivity contribution in [3.63, 3.8) is 0 Å². The SMILES string of the molecule is CCC(Nc1cnns1)c1ccccc1F. The van der Waals surface area contributed by atoms with Gasteiger partial charge in [0, 0.05) is 17.1 Å². The largest absolute Gasteiger partial charge is 0.367 e. The monoisotopic (exact) mass is 237 g/mol. The van der Waals surface area contributed by atoms with E-state index < -0.39 is 0 Å². The van der Waals surface area contributed by atoms with Gasteiger partial charge >= 0.3 is 0 Å². The van der Waals surface area contributed by atoms with Crippen LogP contribution < -0.4 is 5.32 Å². The van der Waals surface area contributed by atoms with Gasteiger partial charge in [0.2, 0.25) is 0 Å². The van der Waals surface area contributed by atoms with Crippen LogP contribution in [0.1, 0.15) is 24.9 Å². The summed E-state index contributed by atoms with van der Waals surface area (Å²) in [5.74, 6) is -0.181. The van der Waals surface area contributed by atoms with Crippen molar-refractivity contribution in [2.45, 2.75) is 19.4 Å². The molecular weight excluding hydrogens is 225 g/mol. The van der Waals surface area contributed by atoms with Crippen molar-refractivity contribution < 1.29 is 4.39 Å². The van der Waals surface area contributed by atoms with Gasteiger partial charge in [0.1, 0.15) is 10.8 Å². The predicted octanol–water partition coefficient (Wildman–Crippen LogP) is 3.24. The van der Waals surface area contributed by atoms with Crippen LogP contribution >= 0.6 is 11.5 Å². The average molecular weight is 237 g/mol. The number of rotatable bonds is 4. The van der Waals surface area contributed by atoms with Crippen molar-refractivity contribution in [2.75, 3.05) is 5.32 Å². The number of nitrogens with zero attached hydrogens (tertiary/aromatic N) is 2. The van der Waals surface area contributed by atoms with Crippen LogP contribution in [0.3, 0.4) is 0 Å². The van der Waals surface area contributed by atoms with Crippen LogP contribution in [0.2, 0.25) is 0 Å². The Hall–Kier alpha value is -1.49. The number of nitrogens with one attached hydrogen (secondary N) is 1. The molecule has 0 saturated carbocycles. The number of aromatic nitrogens is 2. The fourth-order valence-corrected chi connectivity index (χ4v) is 2.03. The van der Waals surface area contributed by atoms with Gasteiger partial charge in [0.05, 0.1) is 12.2 Å². The molecule has 0 saturated heterocycles. The summed E-state index contributed by atoms with van der Waals surface area (Å²) in [6.07, 6.45) is 2.45. The molecule has 84 valence electrons. The molecule has 1 aromatic carbocycles. The Kier molecular flexibility index (Phi) is 3.46. The summed E-state index contributed by atoms with van der Waals surface area (Å²) < 4.78 is 17.3. The summed E-state index contributed by atoms with van der Waals surface area (Å²) in [6.45, 7) is 2.01. The molecule has 1 unspecified atom stereocenters. The lowest BCUT2D eigenvalue weighted by atomic mass is 10.0. The molecule has 0 spiro atoms. The fourth-order valence-electron chi connectivity index (χ4n) is 1.56. The van der Waals surface area contributed by atoms with Crippen molar-refractivity contribution in [1.82, 2.24) is 9.59 Å². The molecule has 1 heterocycles. The van der Waals surface area contributed by atoms with Crippen molar-refractivity contribution in [3.05, 3.63) is 41.8 Å². The maximum atomic E-state index is 13.6. The van der Waals surface area contributed by atoms with Crippen LogP contribution in [0.15, 0.2) is 30.5 Å². The number of benzene rings is 1. The molecule has 2 aromatic rings.